The Balaban J connectivity index is 1.61. The number of nitrogens with zero attached hydrogens (tertiary/aromatic N) is 6. The molecule has 0 atom stereocenters. The molecule has 0 fully saturated rings. The van der Waals surface area contributed by atoms with Crippen LogP contribution in [0.2, 0.25) is 0 Å². The van der Waals surface area contributed by atoms with Crippen molar-refractivity contribution >= 4 is 44.2 Å². The summed E-state index contributed by atoms with van der Waals surface area (Å²) in [5.74, 6) is -0.0409. The summed E-state index contributed by atoms with van der Waals surface area (Å²) < 4.78 is 4.34. The predicted molar refractivity (Wildman–Crippen MR) is 113 cm³/mol. The molecule has 144 valence electrons. The number of carbonyl (C=O) groups is 1. The lowest BCUT2D eigenvalue weighted by molar-refractivity contribution is -0.131. The Morgan fingerprint density at radius 3 is 2.86 bits per heavy atom. The first kappa shape index (κ1) is 18.8. The summed E-state index contributed by atoms with van der Waals surface area (Å²) in [4.78, 5) is 20.2. The van der Waals surface area contributed by atoms with Crippen LogP contribution in [-0.2, 0) is 24.9 Å². The molecule has 0 N–H and O–H groups in total. The lowest BCUT2D eigenvalue weighted by Crippen LogP contribution is -2.31. The SMILES string of the molecule is Cc1nn(CC(=O)N(C)Cc2c(Br)cnn2C)c2nccc(-c3cccs3)c12. The Kier molecular flexibility index (Phi) is 5.03. The number of fused-ring (bicyclic) bond motifs is 1. The van der Waals surface area contributed by atoms with Gasteiger partial charge in [-0.1, -0.05) is 6.07 Å². The van der Waals surface area contributed by atoms with Gasteiger partial charge in [0.25, 0.3) is 0 Å². The molecule has 0 bridgehead atoms. The minimum atomic E-state index is -0.0409. The Morgan fingerprint density at radius 2 is 2.18 bits per heavy atom. The number of amides is 1. The van der Waals surface area contributed by atoms with Gasteiger partial charge in [0, 0.05) is 30.7 Å². The summed E-state index contributed by atoms with van der Waals surface area (Å²) in [6.07, 6.45) is 3.50. The maximum Gasteiger partial charge on any atom is 0.244 e. The average Bonchev–Trinajstić information content (AvgIpc) is 3.39. The molecule has 4 rings (SSSR count). The van der Waals surface area contributed by atoms with Crippen LogP contribution in [-0.4, -0.2) is 42.4 Å². The zero-order chi connectivity index (χ0) is 19.8. The largest absolute Gasteiger partial charge is 0.338 e. The molecule has 1 amide bonds. The normalized spacial score (nSPS) is 11.3. The molecule has 4 aromatic heterocycles. The molecule has 9 heteroatoms. The fourth-order valence-corrected chi connectivity index (χ4v) is 4.44. The van der Waals surface area contributed by atoms with Gasteiger partial charge >= 0.3 is 0 Å². The number of aromatic nitrogens is 5. The van der Waals surface area contributed by atoms with E-state index >= 15 is 0 Å². The van der Waals surface area contributed by atoms with E-state index in [1.165, 1.54) is 4.88 Å². The van der Waals surface area contributed by atoms with E-state index in [9.17, 15) is 4.79 Å². The van der Waals surface area contributed by atoms with E-state index in [1.807, 2.05) is 26.1 Å². The number of likely N-dealkylation sites (N-methyl/N-ethyl adjacent to an activating group) is 1. The topological polar surface area (TPSA) is 68.8 Å². The van der Waals surface area contributed by atoms with Crippen LogP contribution in [0.3, 0.4) is 0 Å². The Bertz CT molecular complexity index is 1130. The number of hydrogen-bond donors (Lipinski definition) is 0. The summed E-state index contributed by atoms with van der Waals surface area (Å²) in [5, 5.41) is 11.8. The smallest absolute Gasteiger partial charge is 0.244 e. The molecule has 0 saturated heterocycles. The lowest BCUT2D eigenvalue weighted by atomic mass is 10.1. The van der Waals surface area contributed by atoms with Crippen molar-refractivity contribution < 1.29 is 4.79 Å². The van der Waals surface area contributed by atoms with Gasteiger partial charge in [-0.15, -0.1) is 11.3 Å². The zero-order valence-corrected chi connectivity index (χ0v) is 18.2. The van der Waals surface area contributed by atoms with Crippen molar-refractivity contribution in [1.82, 2.24) is 29.4 Å². The van der Waals surface area contributed by atoms with Gasteiger partial charge in [0.05, 0.1) is 34.0 Å². The number of pyridine rings is 1. The summed E-state index contributed by atoms with van der Waals surface area (Å²) in [7, 11) is 3.64. The first-order valence-corrected chi connectivity index (χ1v) is 10.4. The molecule has 0 aliphatic rings. The minimum absolute atomic E-state index is 0.0409. The standard InChI is InChI=1S/C19H19BrN6OS/c1-12-18-13(16-5-4-8-28-16)6-7-21-19(18)26(23-12)11-17(27)24(2)10-15-14(20)9-22-25(15)3/h4-9H,10-11H2,1-3H3. The minimum Gasteiger partial charge on any atom is -0.338 e. The third-order valence-electron chi connectivity index (χ3n) is 4.70. The number of carbonyl (C=O) groups excluding carboxylic acids is 1. The number of thiophene rings is 1. The second kappa shape index (κ2) is 7.48. The van der Waals surface area contributed by atoms with Crippen molar-refractivity contribution in [3.05, 3.63) is 51.8 Å². The van der Waals surface area contributed by atoms with Gasteiger partial charge in [0.1, 0.15) is 6.54 Å². The molecule has 0 spiro atoms. The first-order valence-electron chi connectivity index (χ1n) is 8.72. The summed E-state index contributed by atoms with van der Waals surface area (Å²) in [6.45, 7) is 2.55. The number of aryl methyl sites for hydroxylation is 2. The molecule has 4 heterocycles. The monoisotopic (exact) mass is 458 g/mol. The molecule has 0 aromatic carbocycles. The van der Waals surface area contributed by atoms with Gasteiger partial charge in [0.15, 0.2) is 5.65 Å². The first-order chi connectivity index (χ1) is 13.5. The molecule has 0 saturated carbocycles. The highest BCUT2D eigenvalue weighted by Gasteiger charge is 2.19. The third-order valence-corrected chi connectivity index (χ3v) is 6.27. The Hall–Kier alpha value is -2.52. The summed E-state index contributed by atoms with van der Waals surface area (Å²) in [5.41, 5.74) is 3.64. The highest BCUT2D eigenvalue weighted by atomic mass is 79.9. The van der Waals surface area contributed by atoms with E-state index in [0.717, 1.165) is 32.5 Å². The number of halogens is 1. The molecule has 0 aliphatic carbocycles. The van der Waals surface area contributed by atoms with Crippen molar-refractivity contribution in [3.63, 3.8) is 0 Å². The molecule has 0 aliphatic heterocycles. The fraction of sp³-hybridized carbons (Fsp3) is 0.263. The fourth-order valence-electron chi connectivity index (χ4n) is 3.20. The van der Waals surface area contributed by atoms with Gasteiger partial charge in [0.2, 0.25) is 5.91 Å². The predicted octanol–water partition coefficient (Wildman–Crippen LogP) is 3.62. The molecular formula is C19H19BrN6OS. The van der Waals surface area contributed by atoms with E-state index in [-0.39, 0.29) is 12.5 Å². The van der Waals surface area contributed by atoms with Gasteiger partial charge in [-0.2, -0.15) is 10.2 Å². The lowest BCUT2D eigenvalue weighted by Gasteiger charge is -2.17. The van der Waals surface area contributed by atoms with Crippen molar-refractivity contribution in [2.24, 2.45) is 7.05 Å². The van der Waals surface area contributed by atoms with Gasteiger partial charge in [-0.3, -0.25) is 9.48 Å². The van der Waals surface area contributed by atoms with E-state index in [1.54, 1.807) is 45.0 Å². The molecule has 7 nitrogen and oxygen atoms in total. The van der Waals surface area contributed by atoms with Crippen LogP contribution < -0.4 is 0 Å². The zero-order valence-electron chi connectivity index (χ0n) is 15.8. The summed E-state index contributed by atoms with van der Waals surface area (Å²) in [6, 6.07) is 6.11. The number of hydrogen-bond acceptors (Lipinski definition) is 5. The quantitative estimate of drug-likeness (QED) is 0.457. The van der Waals surface area contributed by atoms with E-state index < -0.39 is 0 Å². The van der Waals surface area contributed by atoms with E-state index in [0.29, 0.717) is 6.54 Å². The van der Waals surface area contributed by atoms with Crippen LogP contribution in [0.1, 0.15) is 11.4 Å². The van der Waals surface area contributed by atoms with Crippen molar-refractivity contribution in [2.45, 2.75) is 20.0 Å². The van der Waals surface area contributed by atoms with E-state index in [4.69, 9.17) is 0 Å². The average molecular weight is 459 g/mol. The van der Waals surface area contributed by atoms with Crippen molar-refractivity contribution in [1.29, 1.82) is 0 Å². The van der Waals surface area contributed by atoms with Gasteiger partial charge < -0.3 is 4.90 Å². The van der Waals surface area contributed by atoms with Crippen LogP contribution in [0.4, 0.5) is 0 Å². The third kappa shape index (κ3) is 3.35. The van der Waals surface area contributed by atoms with Crippen LogP contribution in [0, 0.1) is 6.92 Å². The van der Waals surface area contributed by atoms with Crippen molar-refractivity contribution in [2.75, 3.05) is 7.05 Å². The molecule has 0 radical (unpaired) electrons. The second-order valence-corrected chi connectivity index (χ2v) is 8.39. The molecule has 0 unspecified atom stereocenters. The molecule has 4 aromatic rings. The van der Waals surface area contributed by atoms with Gasteiger partial charge in [-0.25, -0.2) is 9.67 Å². The maximum atomic E-state index is 12.8. The highest BCUT2D eigenvalue weighted by Crippen LogP contribution is 2.32. The molecular weight excluding hydrogens is 440 g/mol. The van der Waals surface area contributed by atoms with Crippen LogP contribution in [0.25, 0.3) is 21.5 Å². The highest BCUT2D eigenvalue weighted by molar-refractivity contribution is 9.10. The Morgan fingerprint density at radius 1 is 1.36 bits per heavy atom. The van der Waals surface area contributed by atoms with Crippen molar-refractivity contribution in [3.8, 4) is 10.4 Å². The van der Waals surface area contributed by atoms with Gasteiger partial charge in [-0.05, 0) is 40.4 Å². The van der Waals surface area contributed by atoms with Crippen LogP contribution in [0.5, 0.6) is 0 Å². The second-order valence-electron chi connectivity index (χ2n) is 6.59. The Labute approximate surface area is 174 Å². The number of rotatable bonds is 5. The molecule has 28 heavy (non-hydrogen) atoms. The van der Waals surface area contributed by atoms with Crippen LogP contribution >= 0.6 is 27.3 Å². The maximum absolute atomic E-state index is 12.8. The summed E-state index contributed by atoms with van der Waals surface area (Å²) >= 11 is 5.16. The van der Waals surface area contributed by atoms with E-state index in [2.05, 4.69) is 42.6 Å². The van der Waals surface area contributed by atoms with Crippen LogP contribution in [0.15, 0.2) is 40.4 Å².